The van der Waals surface area contributed by atoms with Crippen molar-refractivity contribution < 1.29 is 12.8 Å². The van der Waals surface area contributed by atoms with E-state index in [9.17, 15) is 12.8 Å². The molecule has 6 heteroatoms. The van der Waals surface area contributed by atoms with Gasteiger partial charge in [0.05, 0.1) is 12.1 Å². The third-order valence-corrected chi connectivity index (χ3v) is 4.76. The topological polar surface area (TPSA) is 81.7 Å². The van der Waals surface area contributed by atoms with Crippen LogP contribution in [0.4, 0.5) is 4.39 Å². The van der Waals surface area contributed by atoms with E-state index in [1.807, 2.05) is 0 Å². The third-order valence-electron chi connectivity index (χ3n) is 3.19. The summed E-state index contributed by atoms with van der Waals surface area (Å²) in [7, 11) is -3.51. The quantitative estimate of drug-likeness (QED) is 0.807. The summed E-state index contributed by atoms with van der Waals surface area (Å²) in [5, 5.41) is 17.1. The molecule has 1 saturated carbocycles. The Hall–Kier alpha value is -1.92. The summed E-state index contributed by atoms with van der Waals surface area (Å²) in [5.41, 5.74) is -1.05. The molecule has 0 aliphatic heterocycles. The van der Waals surface area contributed by atoms with Crippen LogP contribution in [0.15, 0.2) is 24.3 Å². The molecule has 1 aromatic rings. The van der Waals surface area contributed by atoms with Crippen LogP contribution in [-0.2, 0) is 9.84 Å². The Morgan fingerprint density at radius 2 is 1.72 bits per heavy atom. The first-order valence-corrected chi connectivity index (χ1v) is 7.09. The van der Waals surface area contributed by atoms with Crippen molar-refractivity contribution in [2.24, 2.45) is 5.41 Å². The predicted octanol–water partition coefficient (Wildman–Crippen LogP) is 1.37. The van der Waals surface area contributed by atoms with Gasteiger partial charge in [0.2, 0.25) is 0 Å². The second kappa shape index (κ2) is 3.79. The van der Waals surface area contributed by atoms with Crippen molar-refractivity contribution >= 4 is 9.84 Å². The molecule has 2 atom stereocenters. The van der Waals surface area contributed by atoms with E-state index >= 15 is 0 Å². The molecule has 0 N–H and O–H groups in total. The van der Waals surface area contributed by atoms with Crippen LogP contribution in [-0.4, -0.2) is 19.9 Å². The molecule has 18 heavy (non-hydrogen) atoms. The molecule has 1 fully saturated rings. The summed E-state index contributed by atoms with van der Waals surface area (Å²) in [6.45, 7) is 0. The second-order valence-corrected chi connectivity index (χ2v) is 6.54. The molecular weight excluding hydrogens is 255 g/mol. The maximum Gasteiger partial charge on any atom is 0.169 e. The van der Waals surface area contributed by atoms with Gasteiger partial charge < -0.3 is 0 Å². The summed E-state index contributed by atoms with van der Waals surface area (Å²) in [4.78, 5) is 0. The maximum absolute atomic E-state index is 12.8. The van der Waals surface area contributed by atoms with E-state index < -0.39 is 32.2 Å². The first-order valence-electron chi connectivity index (χ1n) is 5.13. The van der Waals surface area contributed by atoms with Crippen molar-refractivity contribution in [3.63, 3.8) is 0 Å². The van der Waals surface area contributed by atoms with Crippen molar-refractivity contribution in [3.05, 3.63) is 35.6 Å². The van der Waals surface area contributed by atoms with Crippen LogP contribution in [0.5, 0.6) is 0 Å². The Bertz CT molecular complexity index is 654. The van der Waals surface area contributed by atoms with Gasteiger partial charge in [-0.15, -0.1) is 0 Å². The molecule has 0 spiro atoms. The Morgan fingerprint density at radius 1 is 1.22 bits per heavy atom. The third kappa shape index (κ3) is 1.66. The van der Waals surface area contributed by atoms with Crippen molar-refractivity contribution in [1.29, 1.82) is 10.5 Å². The number of nitrogens with zero attached hydrogens (tertiary/aromatic N) is 2. The van der Waals surface area contributed by atoms with Crippen molar-refractivity contribution in [2.75, 3.05) is 6.26 Å². The molecule has 1 aliphatic carbocycles. The SMILES string of the molecule is CS(=O)(=O)[C@H]1[C@@H](c2ccc(F)cc2)C1(C#N)C#N. The standard InChI is InChI=1S/C12H9FN2O2S/c1-18(16,17)11-10(12(11,6-14)7-15)8-2-4-9(13)5-3-8/h2-5,10-11H,1H3/t10-,11+/m1/s1. The van der Waals surface area contributed by atoms with Gasteiger partial charge in [-0.3, -0.25) is 0 Å². The molecular formula is C12H9FN2O2S. The van der Waals surface area contributed by atoms with Gasteiger partial charge in [0.25, 0.3) is 0 Å². The molecule has 0 saturated heterocycles. The Balaban J connectivity index is 2.50. The molecule has 0 radical (unpaired) electrons. The first kappa shape index (κ1) is 12.5. The highest BCUT2D eigenvalue weighted by Gasteiger charge is 2.72. The van der Waals surface area contributed by atoms with E-state index in [1.54, 1.807) is 12.1 Å². The van der Waals surface area contributed by atoms with Gasteiger partial charge in [-0.1, -0.05) is 12.1 Å². The molecule has 1 aliphatic rings. The molecule has 0 bridgehead atoms. The van der Waals surface area contributed by atoms with Crippen molar-refractivity contribution in [2.45, 2.75) is 11.2 Å². The summed E-state index contributed by atoms with van der Waals surface area (Å²) in [6, 6.07) is 8.77. The van der Waals surface area contributed by atoms with E-state index in [-0.39, 0.29) is 0 Å². The Labute approximate surface area is 104 Å². The Kier molecular flexibility index (Phi) is 2.64. The van der Waals surface area contributed by atoms with Crippen LogP contribution >= 0.6 is 0 Å². The van der Waals surface area contributed by atoms with Crippen LogP contribution in [0.3, 0.4) is 0 Å². The average molecular weight is 264 g/mol. The predicted molar refractivity (Wildman–Crippen MR) is 61.4 cm³/mol. The zero-order valence-corrected chi connectivity index (χ0v) is 10.3. The van der Waals surface area contributed by atoms with Crippen LogP contribution in [0.2, 0.25) is 0 Å². The van der Waals surface area contributed by atoms with Gasteiger partial charge in [-0.25, -0.2) is 12.8 Å². The summed E-state index contributed by atoms with van der Waals surface area (Å²) in [5.74, 6) is -1.15. The number of rotatable bonds is 2. The minimum Gasteiger partial charge on any atom is -0.229 e. The number of nitriles is 2. The maximum atomic E-state index is 12.8. The monoisotopic (exact) mass is 264 g/mol. The lowest BCUT2D eigenvalue weighted by molar-refractivity contribution is 0.597. The normalized spacial score (nSPS) is 24.9. The van der Waals surface area contributed by atoms with Gasteiger partial charge in [0.1, 0.15) is 11.1 Å². The summed E-state index contributed by atoms with van der Waals surface area (Å²) < 4.78 is 36.0. The largest absolute Gasteiger partial charge is 0.229 e. The van der Waals surface area contributed by atoms with E-state index in [1.165, 1.54) is 24.3 Å². The van der Waals surface area contributed by atoms with Gasteiger partial charge in [0.15, 0.2) is 15.3 Å². The van der Waals surface area contributed by atoms with Crippen LogP contribution in [0.25, 0.3) is 0 Å². The molecule has 2 rings (SSSR count). The van der Waals surface area contributed by atoms with Crippen LogP contribution in [0, 0.1) is 33.9 Å². The van der Waals surface area contributed by atoms with E-state index in [2.05, 4.69) is 0 Å². The van der Waals surface area contributed by atoms with Gasteiger partial charge in [-0.2, -0.15) is 10.5 Å². The van der Waals surface area contributed by atoms with Crippen molar-refractivity contribution in [1.82, 2.24) is 0 Å². The lowest BCUT2D eigenvalue weighted by Gasteiger charge is -1.98. The lowest BCUT2D eigenvalue weighted by atomic mass is 10.0. The number of halogens is 1. The molecule has 1 aromatic carbocycles. The van der Waals surface area contributed by atoms with Gasteiger partial charge >= 0.3 is 0 Å². The number of hydrogen-bond acceptors (Lipinski definition) is 4. The van der Waals surface area contributed by atoms with E-state index in [4.69, 9.17) is 10.5 Å². The summed E-state index contributed by atoms with van der Waals surface area (Å²) in [6.07, 6.45) is 1.00. The number of sulfone groups is 1. The molecule has 0 amide bonds. The first-order chi connectivity index (χ1) is 8.36. The van der Waals surface area contributed by atoms with Crippen LogP contribution < -0.4 is 0 Å². The van der Waals surface area contributed by atoms with E-state index in [0.29, 0.717) is 5.56 Å². The smallest absolute Gasteiger partial charge is 0.169 e. The lowest BCUT2D eigenvalue weighted by Crippen LogP contribution is -2.11. The summed E-state index contributed by atoms with van der Waals surface area (Å²) >= 11 is 0. The zero-order valence-electron chi connectivity index (χ0n) is 9.46. The van der Waals surface area contributed by atoms with Gasteiger partial charge in [0, 0.05) is 12.2 Å². The molecule has 0 unspecified atom stereocenters. The van der Waals surface area contributed by atoms with Crippen LogP contribution in [0.1, 0.15) is 11.5 Å². The highest BCUT2D eigenvalue weighted by molar-refractivity contribution is 7.91. The molecule has 0 aromatic heterocycles. The minimum absolute atomic E-state index is 0.449. The molecule has 4 nitrogen and oxygen atoms in total. The fourth-order valence-corrected chi connectivity index (χ4v) is 4.06. The Morgan fingerprint density at radius 3 is 2.06 bits per heavy atom. The van der Waals surface area contributed by atoms with Crippen molar-refractivity contribution in [3.8, 4) is 12.1 Å². The zero-order chi connectivity index (χ0) is 13.6. The second-order valence-electron chi connectivity index (χ2n) is 4.37. The minimum atomic E-state index is -3.51. The number of hydrogen-bond donors (Lipinski definition) is 0. The average Bonchev–Trinajstić information content (AvgIpc) is 3.00. The van der Waals surface area contributed by atoms with Gasteiger partial charge in [-0.05, 0) is 17.7 Å². The fourth-order valence-electron chi connectivity index (χ4n) is 2.34. The fraction of sp³-hybridized carbons (Fsp3) is 0.333. The molecule has 92 valence electrons. The number of benzene rings is 1. The van der Waals surface area contributed by atoms with E-state index in [0.717, 1.165) is 6.26 Å². The molecule has 0 heterocycles. The highest BCUT2D eigenvalue weighted by Crippen LogP contribution is 2.62. The highest BCUT2D eigenvalue weighted by atomic mass is 32.2.